The molecule has 2 aliphatic rings. The molecule has 2 amide bonds. The predicted octanol–water partition coefficient (Wildman–Crippen LogP) is 1.83. The first-order chi connectivity index (χ1) is 9.10. The molecule has 1 aliphatic carbocycles. The van der Waals surface area contributed by atoms with E-state index in [9.17, 15) is 9.59 Å². The summed E-state index contributed by atoms with van der Waals surface area (Å²) >= 11 is 1.97. The number of carboxylic acids is 1. The minimum absolute atomic E-state index is 0.0283. The van der Waals surface area contributed by atoms with Crippen LogP contribution in [0.5, 0.6) is 0 Å². The number of carbonyl (C=O) groups is 2. The summed E-state index contributed by atoms with van der Waals surface area (Å²) in [6, 6.07) is -0.209. The Bertz CT molecular complexity index is 339. The molecule has 0 radical (unpaired) electrons. The number of amides is 2. The van der Waals surface area contributed by atoms with Crippen LogP contribution in [0.15, 0.2) is 0 Å². The van der Waals surface area contributed by atoms with Gasteiger partial charge in [-0.15, -0.1) is 0 Å². The summed E-state index contributed by atoms with van der Waals surface area (Å²) in [5.74, 6) is 2.08. The van der Waals surface area contributed by atoms with Crippen molar-refractivity contribution in [2.75, 3.05) is 18.1 Å². The molecule has 1 saturated carbocycles. The third-order valence-corrected chi connectivity index (χ3v) is 5.12. The average Bonchev–Trinajstić information content (AvgIpc) is 2.34. The number of thioether (sulfide) groups is 1. The molecule has 0 atom stereocenters. The maximum absolute atomic E-state index is 11.9. The van der Waals surface area contributed by atoms with E-state index in [4.69, 9.17) is 5.11 Å². The van der Waals surface area contributed by atoms with Gasteiger partial charge >= 0.3 is 12.0 Å². The number of nitrogens with one attached hydrogen (secondary N) is 2. The first kappa shape index (κ1) is 14.5. The fraction of sp³-hybridized carbons (Fsp3) is 0.846. The lowest BCUT2D eigenvalue weighted by molar-refractivity contribution is -0.139. The number of rotatable bonds is 5. The van der Waals surface area contributed by atoms with Crippen LogP contribution >= 0.6 is 11.8 Å². The third-order valence-electron chi connectivity index (χ3n) is 4.07. The van der Waals surface area contributed by atoms with E-state index in [2.05, 4.69) is 10.6 Å². The lowest BCUT2D eigenvalue weighted by Crippen LogP contribution is -2.57. The van der Waals surface area contributed by atoms with Crippen LogP contribution < -0.4 is 10.6 Å². The molecule has 19 heavy (non-hydrogen) atoms. The standard InChI is InChI=1S/C13H22N2O3S/c16-11(17)8-13(4-1-5-13)15-12(18)14-9-10-2-6-19-7-3-10/h10H,1-9H2,(H,16,17)(H2,14,15,18). The second-order valence-electron chi connectivity index (χ2n) is 5.60. The van der Waals surface area contributed by atoms with Gasteiger partial charge in [-0.05, 0) is 49.5 Å². The number of carboxylic acid groups (broad SMARTS) is 1. The zero-order valence-electron chi connectivity index (χ0n) is 11.1. The third kappa shape index (κ3) is 4.30. The highest BCUT2D eigenvalue weighted by Crippen LogP contribution is 2.34. The molecule has 0 aromatic rings. The van der Waals surface area contributed by atoms with Gasteiger partial charge in [0.2, 0.25) is 0 Å². The Morgan fingerprint density at radius 3 is 2.47 bits per heavy atom. The number of aliphatic carboxylic acids is 1. The highest BCUT2D eigenvalue weighted by atomic mass is 32.2. The summed E-state index contributed by atoms with van der Waals surface area (Å²) in [6.07, 6.45) is 4.88. The normalized spacial score (nSPS) is 22.3. The van der Waals surface area contributed by atoms with Crippen LogP contribution in [-0.2, 0) is 4.79 Å². The van der Waals surface area contributed by atoms with Gasteiger partial charge in [0.15, 0.2) is 0 Å². The van der Waals surface area contributed by atoms with Crippen LogP contribution in [0.1, 0.15) is 38.5 Å². The van der Waals surface area contributed by atoms with Gasteiger partial charge in [0.25, 0.3) is 0 Å². The monoisotopic (exact) mass is 286 g/mol. The molecule has 6 heteroatoms. The van der Waals surface area contributed by atoms with E-state index in [1.54, 1.807) is 0 Å². The number of hydrogen-bond donors (Lipinski definition) is 3. The summed E-state index contributed by atoms with van der Waals surface area (Å²) in [4.78, 5) is 22.7. The summed E-state index contributed by atoms with van der Waals surface area (Å²) < 4.78 is 0. The summed E-state index contributed by atoms with van der Waals surface area (Å²) in [5.41, 5.74) is -0.502. The summed E-state index contributed by atoms with van der Waals surface area (Å²) in [5, 5.41) is 14.6. The molecule has 0 unspecified atom stereocenters. The molecule has 1 saturated heterocycles. The molecule has 108 valence electrons. The molecule has 0 aromatic heterocycles. The number of carbonyl (C=O) groups excluding carboxylic acids is 1. The van der Waals surface area contributed by atoms with Crippen LogP contribution in [0.25, 0.3) is 0 Å². The molecule has 0 bridgehead atoms. The molecule has 2 fully saturated rings. The predicted molar refractivity (Wildman–Crippen MR) is 75.4 cm³/mol. The van der Waals surface area contributed by atoms with E-state index in [0.29, 0.717) is 12.5 Å². The highest BCUT2D eigenvalue weighted by Gasteiger charge is 2.40. The summed E-state index contributed by atoms with van der Waals surface area (Å²) in [6.45, 7) is 0.704. The molecule has 2 rings (SSSR count). The van der Waals surface area contributed by atoms with Gasteiger partial charge < -0.3 is 15.7 Å². The van der Waals surface area contributed by atoms with E-state index < -0.39 is 11.5 Å². The van der Waals surface area contributed by atoms with Gasteiger partial charge in [-0.2, -0.15) is 11.8 Å². The average molecular weight is 286 g/mol. The Kier molecular flexibility index (Phi) is 4.96. The van der Waals surface area contributed by atoms with Gasteiger partial charge in [0.05, 0.1) is 12.0 Å². The molecular formula is C13H22N2O3S. The van der Waals surface area contributed by atoms with E-state index in [1.807, 2.05) is 11.8 Å². The molecule has 1 aliphatic heterocycles. The Morgan fingerprint density at radius 2 is 1.95 bits per heavy atom. The molecule has 0 spiro atoms. The van der Waals surface area contributed by atoms with Gasteiger partial charge in [0, 0.05) is 6.54 Å². The van der Waals surface area contributed by atoms with E-state index in [0.717, 1.165) is 32.1 Å². The van der Waals surface area contributed by atoms with Crippen molar-refractivity contribution in [3.63, 3.8) is 0 Å². The number of urea groups is 1. The van der Waals surface area contributed by atoms with Crippen molar-refractivity contribution in [2.24, 2.45) is 5.92 Å². The van der Waals surface area contributed by atoms with Crippen LogP contribution in [0.2, 0.25) is 0 Å². The number of hydrogen-bond acceptors (Lipinski definition) is 3. The molecule has 1 heterocycles. The molecule has 3 N–H and O–H groups in total. The first-order valence-corrected chi connectivity index (χ1v) is 8.11. The van der Waals surface area contributed by atoms with Crippen molar-refractivity contribution in [1.29, 1.82) is 0 Å². The molecule has 5 nitrogen and oxygen atoms in total. The van der Waals surface area contributed by atoms with Crippen molar-refractivity contribution in [3.05, 3.63) is 0 Å². The fourth-order valence-corrected chi connectivity index (χ4v) is 3.92. The Balaban J connectivity index is 1.72. The summed E-state index contributed by atoms with van der Waals surface area (Å²) in [7, 11) is 0. The van der Waals surface area contributed by atoms with Crippen molar-refractivity contribution in [3.8, 4) is 0 Å². The second-order valence-corrected chi connectivity index (χ2v) is 6.82. The van der Waals surface area contributed by atoms with Gasteiger partial charge in [-0.1, -0.05) is 0 Å². The fourth-order valence-electron chi connectivity index (χ4n) is 2.71. The lowest BCUT2D eigenvalue weighted by atomic mass is 9.74. The quantitative estimate of drug-likeness (QED) is 0.720. The smallest absolute Gasteiger partial charge is 0.315 e. The van der Waals surface area contributed by atoms with E-state index in [-0.39, 0.29) is 12.5 Å². The van der Waals surface area contributed by atoms with Crippen molar-refractivity contribution < 1.29 is 14.7 Å². The zero-order valence-corrected chi connectivity index (χ0v) is 11.9. The Morgan fingerprint density at radius 1 is 1.26 bits per heavy atom. The van der Waals surface area contributed by atoms with Crippen molar-refractivity contribution >= 4 is 23.8 Å². The van der Waals surface area contributed by atoms with Crippen LogP contribution in [0.3, 0.4) is 0 Å². The van der Waals surface area contributed by atoms with E-state index in [1.165, 1.54) is 11.5 Å². The molecule has 0 aromatic carbocycles. The van der Waals surface area contributed by atoms with Crippen molar-refractivity contribution in [1.82, 2.24) is 10.6 Å². The first-order valence-electron chi connectivity index (χ1n) is 6.95. The maximum Gasteiger partial charge on any atom is 0.315 e. The topological polar surface area (TPSA) is 78.4 Å². The SMILES string of the molecule is O=C(O)CC1(NC(=O)NCC2CCSCC2)CCC1. The van der Waals surface area contributed by atoms with E-state index >= 15 is 0 Å². The van der Waals surface area contributed by atoms with Crippen molar-refractivity contribution in [2.45, 2.75) is 44.1 Å². The van der Waals surface area contributed by atoms with Crippen LogP contribution in [0.4, 0.5) is 4.79 Å². The second kappa shape index (κ2) is 6.50. The Labute approximate surface area is 117 Å². The molecular weight excluding hydrogens is 264 g/mol. The minimum atomic E-state index is -0.843. The van der Waals surface area contributed by atoms with Gasteiger partial charge in [-0.3, -0.25) is 4.79 Å². The Hall–Kier alpha value is -0.910. The largest absolute Gasteiger partial charge is 0.481 e. The zero-order chi connectivity index (χ0) is 13.7. The maximum atomic E-state index is 11.9. The van der Waals surface area contributed by atoms with Gasteiger partial charge in [-0.25, -0.2) is 4.79 Å². The van der Waals surface area contributed by atoms with Crippen LogP contribution in [-0.4, -0.2) is 40.7 Å². The van der Waals surface area contributed by atoms with Gasteiger partial charge in [0.1, 0.15) is 0 Å². The van der Waals surface area contributed by atoms with Crippen LogP contribution in [0, 0.1) is 5.92 Å². The highest BCUT2D eigenvalue weighted by molar-refractivity contribution is 7.99. The minimum Gasteiger partial charge on any atom is -0.481 e. The lowest BCUT2D eigenvalue weighted by Gasteiger charge is -2.41.